The molecule has 1 atom stereocenters. The molecule has 2 nitrogen and oxygen atoms in total. The lowest BCUT2D eigenvalue weighted by atomic mass is 10.2. The highest BCUT2D eigenvalue weighted by Crippen LogP contribution is 2.05. The van der Waals surface area contributed by atoms with Crippen LogP contribution in [0.1, 0.15) is 65.2 Å². The minimum atomic E-state index is -0.205. The average molecular weight is 237 g/mol. The van der Waals surface area contributed by atoms with Crippen molar-refractivity contribution in [3.05, 3.63) is 12.2 Å². The Hall–Kier alpha value is -0.810. The van der Waals surface area contributed by atoms with Gasteiger partial charge in [-0.05, 0) is 25.7 Å². The Balaban J connectivity index is 3.39. The number of allylic oxidation sites excluding steroid dienone is 1. The SMILES string of the molecule is CCCCC/C=C\CCOC(C#N)CCCC. The molecule has 17 heavy (non-hydrogen) atoms. The summed E-state index contributed by atoms with van der Waals surface area (Å²) >= 11 is 0. The van der Waals surface area contributed by atoms with E-state index in [1.807, 2.05) is 0 Å². The first-order chi connectivity index (χ1) is 8.35. The molecule has 0 bridgehead atoms. The van der Waals surface area contributed by atoms with Crippen molar-refractivity contribution >= 4 is 0 Å². The zero-order valence-electron chi connectivity index (χ0n) is 11.5. The van der Waals surface area contributed by atoms with Crippen molar-refractivity contribution in [1.82, 2.24) is 0 Å². The summed E-state index contributed by atoms with van der Waals surface area (Å²) in [5.41, 5.74) is 0. The number of nitriles is 1. The summed E-state index contributed by atoms with van der Waals surface area (Å²) < 4.78 is 5.51. The van der Waals surface area contributed by atoms with Crippen molar-refractivity contribution in [3.63, 3.8) is 0 Å². The van der Waals surface area contributed by atoms with Crippen molar-refractivity contribution in [2.24, 2.45) is 0 Å². The second-order valence-corrected chi connectivity index (χ2v) is 4.39. The molecule has 0 heterocycles. The predicted molar refractivity (Wildman–Crippen MR) is 72.8 cm³/mol. The van der Waals surface area contributed by atoms with Gasteiger partial charge in [0.15, 0.2) is 0 Å². The third kappa shape index (κ3) is 11.5. The van der Waals surface area contributed by atoms with Crippen molar-refractivity contribution in [3.8, 4) is 6.07 Å². The first-order valence-electron chi connectivity index (χ1n) is 7.01. The van der Waals surface area contributed by atoms with E-state index >= 15 is 0 Å². The molecule has 1 unspecified atom stereocenters. The Morgan fingerprint density at radius 2 is 1.76 bits per heavy atom. The molecule has 0 aliphatic rings. The van der Waals surface area contributed by atoms with Crippen molar-refractivity contribution in [2.75, 3.05) is 6.61 Å². The van der Waals surface area contributed by atoms with Gasteiger partial charge in [0.2, 0.25) is 0 Å². The van der Waals surface area contributed by atoms with Crippen LogP contribution in [0.2, 0.25) is 0 Å². The quantitative estimate of drug-likeness (QED) is 0.388. The zero-order valence-corrected chi connectivity index (χ0v) is 11.5. The predicted octanol–water partition coefficient (Wildman–Crippen LogP) is 4.61. The molecule has 2 heteroatoms. The molecule has 0 aromatic rings. The molecule has 0 aliphatic heterocycles. The van der Waals surface area contributed by atoms with E-state index in [1.54, 1.807) is 0 Å². The number of rotatable bonds is 11. The van der Waals surface area contributed by atoms with Crippen LogP contribution >= 0.6 is 0 Å². The Kier molecular flexibility index (Phi) is 12.6. The molecule has 0 aromatic carbocycles. The lowest BCUT2D eigenvalue weighted by molar-refractivity contribution is 0.0864. The third-order valence-corrected chi connectivity index (χ3v) is 2.71. The Morgan fingerprint density at radius 1 is 1.06 bits per heavy atom. The third-order valence-electron chi connectivity index (χ3n) is 2.71. The number of hydrogen-bond donors (Lipinski definition) is 0. The summed E-state index contributed by atoms with van der Waals surface area (Å²) in [4.78, 5) is 0. The van der Waals surface area contributed by atoms with Crippen LogP contribution in [0.4, 0.5) is 0 Å². The van der Waals surface area contributed by atoms with Crippen LogP contribution in [0.15, 0.2) is 12.2 Å². The van der Waals surface area contributed by atoms with Gasteiger partial charge < -0.3 is 4.74 Å². The molecule has 0 aliphatic carbocycles. The lowest BCUT2D eigenvalue weighted by Crippen LogP contribution is -2.10. The van der Waals surface area contributed by atoms with Crippen LogP contribution in [0, 0.1) is 11.3 Å². The van der Waals surface area contributed by atoms with Crippen LogP contribution in [-0.4, -0.2) is 12.7 Å². The van der Waals surface area contributed by atoms with E-state index in [1.165, 1.54) is 25.7 Å². The monoisotopic (exact) mass is 237 g/mol. The summed E-state index contributed by atoms with van der Waals surface area (Å²) in [5, 5.41) is 8.86. The van der Waals surface area contributed by atoms with E-state index in [9.17, 15) is 0 Å². The molecule has 0 saturated heterocycles. The second-order valence-electron chi connectivity index (χ2n) is 4.39. The molecule has 0 spiro atoms. The van der Waals surface area contributed by atoms with Gasteiger partial charge in [0, 0.05) is 0 Å². The van der Waals surface area contributed by atoms with Crippen molar-refractivity contribution < 1.29 is 4.74 Å². The molecule has 0 N–H and O–H groups in total. The Morgan fingerprint density at radius 3 is 2.41 bits per heavy atom. The molecular weight excluding hydrogens is 210 g/mol. The normalized spacial score (nSPS) is 12.8. The van der Waals surface area contributed by atoms with E-state index in [-0.39, 0.29) is 6.10 Å². The van der Waals surface area contributed by atoms with Crippen LogP contribution in [0.5, 0.6) is 0 Å². The van der Waals surface area contributed by atoms with Crippen molar-refractivity contribution in [1.29, 1.82) is 5.26 Å². The summed E-state index contributed by atoms with van der Waals surface area (Å²) in [7, 11) is 0. The second kappa shape index (κ2) is 13.3. The molecular formula is C15H27NO. The maximum Gasteiger partial charge on any atom is 0.144 e. The van der Waals surface area contributed by atoms with Gasteiger partial charge >= 0.3 is 0 Å². The van der Waals surface area contributed by atoms with Gasteiger partial charge in [-0.15, -0.1) is 0 Å². The average Bonchev–Trinajstić information content (AvgIpc) is 2.36. The zero-order chi connectivity index (χ0) is 12.8. The van der Waals surface area contributed by atoms with Gasteiger partial charge in [-0.3, -0.25) is 0 Å². The highest BCUT2D eigenvalue weighted by Gasteiger charge is 2.05. The van der Waals surface area contributed by atoms with Gasteiger partial charge in [0.1, 0.15) is 6.10 Å². The van der Waals surface area contributed by atoms with E-state index in [0.29, 0.717) is 6.61 Å². The minimum Gasteiger partial charge on any atom is -0.363 e. The fourth-order valence-corrected chi connectivity index (χ4v) is 1.60. The number of nitrogens with zero attached hydrogens (tertiary/aromatic N) is 1. The van der Waals surface area contributed by atoms with Crippen molar-refractivity contribution in [2.45, 2.75) is 71.3 Å². The summed E-state index contributed by atoms with van der Waals surface area (Å²) in [5.74, 6) is 0. The summed E-state index contributed by atoms with van der Waals surface area (Å²) in [6.45, 7) is 5.02. The number of unbranched alkanes of at least 4 members (excludes halogenated alkanes) is 4. The molecule has 0 fully saturated rings. The van der Waals surface area contributed by atoms with E-state index in [2.05, 4.69) is 32.1 Å². The largest absolute Gasteiger partial charge is 0.363 e. The molecule has 0 rings (SSSR count). The molecule has 0 saturated carbocycles. The highest BCUT2D eigenvalue weighted by molar-refractivity contribution is 4.85. The maximum absolute atomic E-state index is 8.86. The fraction of sp³-hybridized carbons (Fsp3) is 0.800. The first kappa shape index (κ1) is 16.2. The molecule has 0 amide bonds. The van der Waals surface area contributed by atoms with Gasteiger partial charge in [-0.25, -0.2) is 0 Å². The molecule has 0 radical (unpaired) electrons. The van der Waals surface area contributed by atoms with Crippen LogP contribution in [-0.2, 0) is 4.74 Å². The Bertz CT molecular complexity index is 217. The van der Waals surface area contributed by atoms with E-state index in [4.69, 9.17) is 10.00 Å². The number of ether oxygens (including phenoxy) is 1. The van der Waals surface area contributed by atoms with Gasteiger partial charge in [0.05, 0.1) is 12.7 Å². The maximum atomic E-state index is 8.86. The van der Waals surface area contributed by atoms with E-state index in [0.717, 1.165) is 25.7 Å². The highest BCUT2D eigenvalue weighted by atomic mass is 16.5. The van der Waals surface area contributed by atoms with Crippen LogP contribution < -0.4 is 0 Å². The van der Waals surface area contributed by atoms with Gasteiger partial charge in [-0.2, -0.15) is 5.26 Å². The molecule has 98 valence electrons. The smallest absolute Gasteiger partial charge is 0.144 e. The van der Waals surface area contributed by atoms with Gasteiger partial charge in [-0.1, -0.05) is 51.7 Å². The topological polar surface area (TPSA) is 33.0 Å². The van der Waals surface area contributed by atoms with Gasteiger partial charge in [0.25, 0.3) is 0 Å². The first-order valence-corrected chi connectivity index (χ1v) is 7.01. The summed E-state index contributed by atoms with van der Waals surface area (Å²) in [6.07, 6.45) is 13.2. The van der Waals surface area contributed by atoms with Crippen LogP contribution in [0.3, 0.4) is 0 Å². The van der Waals surface area contributed by atoms with Crippen LogP contribution in [0.25, 0.3) is 0 Å². The number of hydrogen-bond acceptors (Lipinski definition) is 2. The molecule has 0 aromatic heterocycles. The van der Waals surface area contributed by atoms with E-state index < -0.39 is 0 Å². The Labute approximate surface area is 107 Å². The standard InChI is InChI=1S/C15H27NO/c1-3-5-7-8-9-10-11-13-17-15(14-16)12-6-4-2/h9-10,15H,3-8,11-13H2,1-2H3/b10-9-. The lowest BCUT2D eigenvalue weighted by Gasteiger charge is -2.08. The fourth-order valence-electron chi connectivity index (χ4n) is 1.60. The summed E-state index contributed by atoms with van der Waals surface area (Å²) in [6, 6.07) is 2.21. The minimum absolute atomic E-state index is 0.205.